The largest absolute Gasteiger partial charge is 0.492 e. The summed E-state index contributed by atoms with van der Waals surface area (Å²) in [6, 6.07) is 5.38. The van der Waals surface area contributed by atoms with Crippen LogP contribution in [0, 0.1) is 0 Å². The Kier molecular flexibility index (Phi) is 6.00. The number of hydrogen-bond acceptors (Lipinski definition) is 4. The van der Waals surface area contributed by atoms with Crippen LogP contribution in [-0.4, -0.2) is 24.8 Å². The Morgan fingerprint density at radius 2 is 2.24 bits per heavy atom. The number of benzene rings is 1. The second-order valence-corrected chi connectivity index (χ2v) is 4.31. The molecule has 0 saturated heterocycles. The van der Waals surface area contributed by atoms with Crippen LogP contribution >= 0.6 is 15.9 Å². The molecule has 0 bridgehead atoms. The summed E-state index contributed by atoms with van der Waals surface area (Å²) in [5.74, 6) is 0.468. The minimum Gasteiger partial charge on any atom is -0.492 e. The van der Waals surface area contributed by atoms with Gasteiger partial charge in [0.2, 0.25) is 0 Å². The molecule has 17 heavy (non-hydrogen) atoms. The molecule has 0 spiro atoms. The Bertz CT molecular complexity index is 379. The van der Waals surface area contributed by atoms with Crippen molar-refractivity contribution >= 4 is 21.9 Å². The van der Waals surface area contributed by atoms with Crippen LogP contribution in [0.15, 0.2) is 22.7 Å². The topological polar surface area (TPSA) is 55.8 Å². The van der Waals surface area contributed by atoms with Crippen molar-refractivity contribution in [2.24, 2.45) is 0 Å². The summed E-state index contributed by atoms with van der Waals surface area (Å²) in [7, 11) is 1.37. The highest BCUT2D eigenvalue weighted by molar-refractivity contribution is 9.10. The quantitative estimate of drug-likeness (QED) is 0.647. The number of carbonyl (C=O) groups excluding carboxylic acids is 1. The number of aliphatic hydroxyl groups is 1. The van der Waals surface area contributed by atoms with Crippen LogP contribution < -0.4 is 4.74 Å². The van der Waals surface area contributed by atoms with E-state index in [1.54, 1.807) is 18.2 Å². The second-order valence-electron chi connectivity index (χ2n) is 3.45. The number of aliphatic hydroxyl groups excluding tert-OH is 1. The average Bonchev–Trinajstić information content (AvgIpc) is 2.35. The minimum atomic E-state index is -0.233. The summed E-state index contributed by atoms with van der Waals surface area (Å²) in [5.41, 5.74) is 0.818. The number of ether oxygens (including phenoxy) is 2. The molecule has 1 aromatic carbocycles. The van der Waals surface area contributed by atoms with E-state index in [9.17, 15) is 4.79 Å². The number of halogens is 1. The lowest BCUT2D eigenvalue weighted by Gasteiger charge is -2.08. The van der Waals surface area contributed by atoms with E-state index in [1.807, 2.05) is 0 Å². The molecule has 1 rings (SSSR count). The molecule has 0 saturated carbocycles. The molecule has 0 heterocycles. The molecule has 1 N–H and O–H groups in total. The summed E-state index contributed by atoms with van der Waals surface area (Å²) < 4.78 is 10.8. The standard InChI is InChI=1S/C12H15BrO4/c1-16-12(15)3-2-6-17-11-5-4-9(8-14)7-10(11)13/h4-5,7,14H,2-3,6,8H2,1H3. The summed E-state index contributed by atoms with van der Waals surface area (Å²) >= 11 is 3.35. The highest BCUT2D eigenvalue weighted by atomic mass is 79.9. The lowest BCUT2D eigenvalue weighted by Crippen LogP contribution is -2.04. The summed E-state index contributed by atoms with van der Waals surface area (Å²) in [5, 5.41) is 8.94. The summed E-state index contributed by atoms with van der Waals surface area (Å²) in [6.07, 6.45) is 0.962. The van der Waals surface area contributed by atoms with Crippen molar-refractivity contribution in [3.8, 4) is 5.75 Å². The van der Waals surface area contributed by atoms with Crippen LogP contribution in [0.25, 0.3) is 0 Å². The van der Waals surface area contributed by atoms with Crippen LogP contribution in [0.2, 0.25) is 0 Å². The molecule has 0 aromatic heterocycles. The van der Waals surface area contributed by atoms with Crippen molar-refractivity contribution in [1.82, 2.24) is 0 Å². The molecular formula is C12H15BrO4. The van der Waals surface area contributed by atoms with Gasteiger partial charge in [0.05, 0.1) is 24.8 Å². The molecule has 1 aromatic rings. The second kappa shape index (κ2) is 7.29. The molecular weight excluding hydrogens is 288 g/mol. The van der Waals surface area contributed by atoms with Gasteiger partial charge in [-0.15, -0.1) is 0 Å². The fraction of sp³-hybridized carbons (Fsp3) is 0.417. The van der Waals surface area contributed by atoms with Crippen LogP contribution in [0.4, 0.5) is 0 Å². The number of esters is 1. The van der Waals surface area contributed by atoms with Crippen molar-refractivity contribution in [1.29, 1.82) is 0 Å². The van der Waals surface area contributed by atoms with Crippen molar-refractivity contribution in [2.45, 2.75) is 19.4 Å². The van der Waals surface area contributed by atoms with Gasteiger partial charge in [-0.3, -0.25) is 4.79 Å². The fourth-order valence-corrected chi connectivity index (χ4v) is 1.80. The third kappa shape index (κ3) is 4.75. The molecule has 0 radical (unpaired) electrons. The maximum Gasteiger partial charge on any atom is 0.305 e. The Morgan fingerprint density at radius 3 is 2.82 bits per heavy atom. The number of hydrogen-bond donors (Lipinski definition) is 1. The average molecular weight is 303 g/mol. The molecule has 0 aliphatic heterocycles. The third-order valence-electron chi connectivity index (χ3n) is 2.19. The molecule has 0 amide bonds. The van der Waals surface area contributed by atoms with Gasteiger partial charge in [-0.2, -0.15) is 0 Å². The first kappa shape index (κ1) is 14.0. The molecule has 0 atom stereocenters. The molecule has 0 fully saturated rings. The normalized spacial score (nSPS) is 10.1. The smallest absolute Gasteiger partial charge is 0.305 e. The van der Waals surface area contributed by atoms with Gasteiger partial charge in [0.15, 0.2) is 0 Å². The Balaban J connectivity index is 2.39. The van der Waals surface area contributed by atoms with E-state index >= 15 is 0 Å². The fourth-order valence-electron chi connectivity index (χ4n) is 1.26. The van der Waals surface area contributed by atoms with Crippen molar-refractivity contribution < 1.29 is 19.4 Å². The molecule has 0 unspecified atom stereocenters. The number of rotatable bonds is 6. The highest BCUT2D eigenvalue weighted by Crippen LogP contribution is 2.26. The first-order valence-corrected chi connectivity index (χ1v) is 6.05. The minimum absolute atomic E-state index is 0.00121. The highest BCUT2D eigenvalue weighted by Gasteiger charge is 2.04. The van der Waals surface area contributed by atoms with Crippen molar-refractivity contribution in [3.63, 3.8) is 0 Å². The first-order chi connectivity index (χ1) is 8.17. The first-order valence-electron chi connectivity index (χ1n) is 5.26. The van der Waals surface area contributed by atoms with Gasteiger partial charge >= 0.3 is 5.97 Å². The van der Waals surface area contributed by atoms with Crippen molar-refractivity contribution in [3.05, 3.63) is 28.2 Å². The van der Waals surface area contributed by atoms with Crippen molar-refractivity contribution in [2.75, 3.05) is 13.7 Å². The zero-order valence-electron chi connectivity index (χ0n) is 9.61. The number of carbonyl (C=O) groups is 1. The van der Waals surface area contributed by atoms with Gasteiger partial charge in [0.25, 0.3) is 0 Å². The maximum absolute atomic E-state index is 10.9. The van der Waals surface area contributed by atoms with Gasteiger partial charge < -0.3 is 14.6 Å². The molecule has 94 valence electrons. The molecule has 4 nitrogen and oxygen atoms in total. The maximum atomic E-state index is 10.9. The SMILES string of the molecule is COC(=O)CCCOc1ccc(CO)cc1Br. The Hall–Kier alpha value is -1.07. The van der Waals surface area contributed by atoms with E-state index in [0.717, 1.165) is 10.0 Å². The lowest BCUT2D eigenvalue weighted by atomic mass is 10.2. The van der Waals surface area contributed by atoms with E-state index < -0.39 is 0 Å². The lowest BCUT2D eigenvalue weighted by molar-refractivity contribution is -0.140. The Labute approximate surface area is 109 Å². The number of methoxy groups -OCH3 is 1. The van der Waals surface area contributed by atoms with E-state index in [1.165, 1.54) is 7.11 Å². The van der Waals surface area contributed by atoms with E-state index in [0.29, 0.717) is 25.2 Å². The van der Waals surface area contributed by atoms with Gasteiger partial charge in [0, 0.05) is 6.42 Å². The molecule has 5 heteroatoms. The van der Waals surface area contributed by atoms with E-state index in [-0.39, 0.29) is 12.6 Å². The van der Waals surface area contributed by atoms with Gasteiger partial charge in [-0.25, -0.2) is 0 Å². The summed E-state index contributed by atoms with van der Waals surface area (Å²) in [4.78, 5) is 10.9. The van der Waals surface area contributed by atoms with E-state index in [2.05, 4.69) is 20.7 Å². The molecule has 0 aliphatic rings. The van der Waals surface area contributed by atoms with Crippen LogP contribution in [-0.2, 0) is 16.1 Å². The van der Waals surface area contributed by atoms with Crippen LogP contribution in [0.1, 0.15) is 18.4 Å². The summed E-state index contributed by atoms with van der Waals surface area (Å²) in [6.45, 7) is 0.452. The van der Waals surface area contributed by atoms with Gasteiger partial charge in [-0.05, 0) is 40.0 Å². The zero-order chi connectivity index (χ0) is 12.7. The van der Waals surface area contributed by atoms with Gasteiger partial charge in [-0.1, -0.05) is 6.07 Å². The van der Waals surface area contributed by atoms with Gasteiger partial charge in [0.1, 0.15) is 5.75 Å². The Morgan fingerprint density at radius 1 is 1.47 bits per heavy atom. The predicted octanol–water partition coefficient (Wildman–Crippen LogP) is 2.27. The molecule has 0 aliphatic carbocycles. The van der Waals surface area contributed by atoms with Crippen LogP contribution in [0.3, 0.4) is 0 Å². The monoisotopic (exact) mass is 302 g/mol. The zero-order valence-corrected chi connectivity index (χ0v) is 11.2. The van der Waals surface area contributed by atoms with E-state index in [4.69, 9.17) is 9.84 Å². The van der Waals surface area contributed by atoms with Crippen LogP contribution in [0.5, 0.6) is 5.75 Å². The third-order valence-corrected chi connectivity index (χ3v) is 2.81. The predicted molar refractivity (Wildman–Crippen MR) is 66.8 cm³/mol.